The fourth-order valence-electron chi connectivity index (χ4n) is 3.54. The van der Waals surface area contributed by atoms with Gasteiger partial charge < -0.3 is 0 Å². The van der Waals surface area contributed by atoms with Crippen LogP contribution in [0.25, 0.3) is 10.9 Å². The van der Waals surface area contributed by atoms with Crippen molar-refractivity contribution in [2.75, 3.05) is 0 Å². The first-order chi connectivity index (χ1) is 11.1. The molecule has 2 aromatic rings. The van der Waals surface area contributed by atoms with Crippen LogP contribution in [0.4, 0.5) is 4.39 Å². The van der Waals surface area contributed by atoms with Crippen LogP contribution in [0.5, 0.6) is 0 Å². The summed E-state index contributed by atoms with van der Waals surface area (Å²) in [5, 5.41) is 0.667. The molecule has 116 valence electrons. The number of aromatic nitrogens is 1. The van der Waals surface area contributed by atoms with Crippen LogP contribution in [0.2, 0.25) is 0 Å². The number of hydrogen-bond acceptors (Lipinski definition) is 3. The largest absolute Gasteiger partial charge is 0.278 e. The summed E-state index contributed by atoms with van der Waals surface area (Å²) in [6.07, 6.45) is 6.74. The van der Waals surface area contributed by atoms with Crippen LogP contribution < -0.4 is 0 Å². The van der Waals surface area contributed by atoms with Crippen molar-refractivity contribution >= 4 is 22.7 Å². The minimum Gasteiger partial charge on any atom is -0.278 e. The summed E-state index contributed by atoms with van der Waals surface area (Å²) in [5.74, 6) is -1.23. The van der Waals surface area contributed by atoms with Crippen molar-refractivity contribution in [3.8, 4) is 0 Å². The number of nitrogens with zero attached hydrogens (tertiary/aromatic N) is 2. The molecule has 1 aromatic heterocycles. The number of carbonyl (C=O) groups excluding carboxylic acids is 2. The van der Waals surface area contributed by atoms with Gasteiger partial charge in [0.05, 0.1) is 23.9 Å². The zero-order chi connectivity index (χ0) is 16.0. The van der Waals surface area contributed by atoms with E-state index in [9.17, 15) is 14.0 Å². The van der Waals surface area contributed by atoms with E-state index in [1.807, 2.05) is 12.2 Å². The Balaban J connectivity index is 1.71. The second-order valence-corrected chi connectivity index (χ2v) is 6.06. The predicted octanol–water partition coefficient (Wildman–Crippen LogP) is 2.83. The van der Waals surface area contributed by atoms with E-state index in [2.05, 4.69) is 4.98 Å². The van der Waals surface area contributed by atoms with Gasteiger partial charge in [-0.05, 0) is 31.0 Å². The highest BCUT2D eigenvalue weighted by Crippen LogP contribution is 2.36. The maximum Gasteiger partial charge on any atom is 0.233 e. The van der Waals surface area contributed by atoms with E-state index in [0.717, 1.165) is 0 Å². The number of imide groups is 1. The quantitative estimate of drug-likeness (QED) is 0.633. The normalized spacial score (nSPS) is 23.6. The summed E-state index contributed by atoms with van der Waals surface area (Å²) in [7, 11) is 0. The molecule has 0 unspecified atom stereocenters. The van der Waals surface area contributed by atoms with Crippen molar-refractivity contribution in [2.45, 2.75) is 19.4 Å². The SMILES string of the molecule is O=C1[C@H]2CC=CC[C@@H]2C(=O)N1Cc1cc(F)cc2cccnc12. The monoisotopic (exact) mass is 310 g/mol. The summed E-state index contributed by atoms with van der Waals surface area (Å²) in [6.45, 7) is 0.0793. The Bertz CT molecular complexity index is 820. The Morgan fingerprint density at radius 2 is 1.83 bits per heavy atom. The van der Waals surface area contributed by atoms with Gasteiger partial charge >= 0.3 is 0 Å². The number of fused-ring (bicyclic) bond motifs is 2. The molecule has 4 nitrogen and oxygen atoms in total. The number of hydrogen-bond donors (Lipinski definition) is 0. The fraction of sp³-hybridized carbons (Fsp3) is 0.278. The lowest BCUT2D eigenvalue weighted by Crippen LogP contribution is -2.30. The Kier molecular flexibility index (Phi) is 3.22. The number of likely N-dealkylation sites (tertiary alicyclic amines) is 1. The molecule has 5 heteroatoms. The molecule has 4 rings (SSSR count). The van der Waals surface area contributed by atoms with E-state index in [1.54, 1.807) is 18.3 Å². The van der Waals surface area contributed by atoms with Gasteiger partial charge in [0.1, 0.15) is 5.82 Å². The zero-order valence-corrected chi connectivity index (χ0v) is 12.4. The second-order valence-electron chi connectivity index (χ2n) is 6.06. The molecule has 0 saturated carbocycles. The van der Waals surface area contributed by atoms with Crippen LogP contribution in [-0.2, 0) is 16.1 Å². The van der Waals surface area contributed by atoms with Crippen molar-refractivity contribution in [1.82, 2.24) is 9.88 Å². The number of pyridine rings is 1. The van der Waals surface area contributed by atoms with Crippen molar-refractivity contribution in [2.24, 2.45) is 11.8 Å². The zero-order valence-electron chi connectivity index (χ0n) is 12.4. The van der Waals surface area contributed by atoms with Gasteiger partial charge in [0.2, 0.25) is 11.8 Å². The predicted molar refractivity (Wildman–Crippen MR) is 82.6 cm³/mol. The van der Waals surface area contributed by atoms with Gasteiger partial charge in [-0.15, -0.1) is 0 Å². The molecule has 1 aliphatic heterocycles. The van der Waals surface area contributed by atoms with Crippen molar-refractivity contribution in [1.29, 1.82) is 0 Å². The Hall–Kier alpha value is -2.56. The number of allylic oxidation sites excluding steroid dienone is 2. The lowest BCUT2D eigenvalue weighted by molar-refractivity contribution is -0.140. The van der Waals surface area contributed by atoms with E-state index < -0.39 is 5.82 Å². The first kappa shape index (κ1) is 14.1. The van der Waals surface area contributed by atoms with Gasteiger partial charge in [-0.1, -0.05) is 18.2 Å². The summed E-state index contributed by atoms with van der Waals surface area (Å²) >= 11 is 0. The first-order valence-corrected chi connectivity index (χ1v) is 7.68. The van der Waals surface area contributed by atoms with Crippen molar-refractivity contribution < 1.29 is 14.0 Å². The molecule has 23 heavy (non-hydrogen) atoms. The molecule has 1 fully saturated rings. The summed E-state index contributed by atoms with van der Waals surface area (Å²) in [6, 6.07) is 6.27. The standard InChI is InChI=1S/C18H15FN2O2/c19-13-8-11-4-3-7-20-16(11)12(9-13)10-21-17(22)14-5-1-2-6-15(14)18(21)23/h1-4,7-9,14-15H,5-6,10H2/t14-,15-/m0/s1. The highest BCUT2D eigenvalue weighted by atomic mass is 19.1. The smallest absolute Gasteiger partial charge is 0.233 e. The van der Waals surface area contributed by atoms with E-state index in [-0.39, 0.29) is 30.2 Å². The van der Waals surface area contributed by atoms with Crippen LogP contribution >= 0.6 is 0 Å². The third-order valence-corrected chi connectivity index (χ3v) is 4.68. The lowest BCUT2D eigenvalue weighted by atomic mass is 9.85. The van der Waals surface area contributed by atoms with Gasteiger partial charge in [0.15, 0.2) is 0 Å². The Morgan fingerprint density at radius 3 is 2.52 bits per heavy atom. The molecule has 2 heterocycles. The van der Waals surface area contributed by atoms with E-state index in [1.165, 1.54) is 17.0 Å². The Labute approximate surface area is 132 Å². The number of amides is 2. The van der Waals surface area contributed by atoms with Crippen LogP contribution in [0.3, 0.4) is 0 Å². The summed E-state index contributed by atoms with van der Waals surface area (Å²) in [4.78, 5) is 30.6. The average molecular weight is 310 g/mol. The van der Waals surface area contributed by atoms with Gasteiger partial charge in [-0.25, -0.2) is 4.39 Å². The number of benzene rings is 1. The molecule has 1 saturated heterocycles. The molecule has 2 atom stereocenters. The molecular formula is C18H15FN2O2. The maximum atomic E-state index is 13.8. The molecule has 0 N–H and O–H groups in total. The summed E-state index contributed by atoms with van der Waals surface area (Å²) in [5.41, 5.74) is 1.19. The van der Waals surface area contributed by atoms with E-state index >= 15 is 0 Å². The molecule has 2 amide bonds. The fourth-order valence-corrected chi connectivity index (χ4v) is 3.54. The van der Waals surface area contributed by atoms with Crippen LogP contribution in [0.1, 0.15) is 18.4 Å². The van der Waals surface area contributed by atoms with Crippen LogP contribution in [0, 0.1) is 17.7 Å². The van der Waals surface area contributed by atoms with Crippen molar-refractivity contribution in [3.05, 3.63) is 54.0 Å². The molecular weight excluding hydrogens is 295 g/mol. The minimum atomic E-state index is -0.390. The van der Waals surface area contributed by atoms with E-state index in [0.29, 0.717) is 29.3 Å². The molecule has 1 aliphatic carbocycles. The van der Waals surface area contributed by atoms with E-state index in [4.69, 9.17) is 0 Å². The van der Waals surface area contributed by atoms with Crippen LogP contribution in [0.15, 0.2) is 42.6 Å². The molecule has 0 radical (unpaired) electrons. The maximum absolute atomic E-state index is 13.8. The molecule has 0 bridgehead atoms. The molecule has 1 aromatic carbocycles. The molecule has 0 spiro atoms. The van der Waals surface area contributed by atoms with Gasteiger partial charge in [-0.2, -0.15) is 0 Å². The topological polar surface area (TPSA) is 50.3 Å². The third kappa shape index (κ3) is 2.23. The van der Waals surface area contributed by atoms with Gasteiger partial charge in [0, 0.05) is 17.1 Å². The van der Waals surface area contributed by atoms with Crippen LogP contribution in [-0.4, -0.2) is 21.7 Å². The molecule has 2 aliphatic rings. The minimum absolute atomic E-state index is 0.0793. The average Bonchev–Trinajstić information content (AvgIpc) is 2.80. The highest BCUT2D eigenvalue weighted by Gasteiger charge is 2.47. The Morgan fingerprint density at radius 1 is 1.13 bits per heavy atom. The summed E-state index contributed by atoms with van der Waals surface area (Å²) < 4.78 is 13.8. The third-order valence-electron chi connectivity index (χ3n) is 4.68. The number of carbonyl (C=O) groups is 2. The number of halogens is 1. The first-order valence-electron chi connectivity index (χ1n) is 7.68. The number of rotatable bonds is 2. The van der Waals surface area contributed by atoms with Gasteiger partial charge in [0.25, 0.3) is 0 Å². The lowest BCUT2D eigenvalue weighted by Gasteiger charge is -2.16. The second kappa shape index (κ2) is 5.26. The van der Waals surface area contributed by atoms with Crippen molar-refractivity contribution in [3.63, 3.8) is 0 Å². The highest BCUT2D eigenvalue weighted by molar-refractivity contribution is 6.05. The van der Waals surface area contributed by atoms with Gasteiger partial charge in [-0.3, -0.25) is 19.5 Å².